The molecule has 1 fully saturated rings. The Kier molecular flexibility index (Phi) is 5.24. The van der Waals surface area contributed by atoms with Crippen LogP contribution in [0.15, 0.2) is 58.4 Å². The van der Waals surface area contributed by atoms with Gasteiger partial charge in [0.1, 0.15) is 0 Å². The molecule has 8 heteroatoms. The highest BCUT2D eigenvalue weighted by molar-refractivity contribution is 7.89. The lowest BCUT2D eigenvalue weighted by molar-refractivity contribution is 0.147. The summed E-state index contributed by atoms with van der Waals surface area (Å²) >= 11 is 0. The van der Waals surface area contributed by atoms with Crippen LogP contribution in [0.1, 0.15) is 11.1 Å². The van der Waals surface area contributed by atoms with E-state index < -0.39 is 10.0 Å². The van der Waals surface area contributed by atoms with Crippen molar-refractivity contribution in [3.8, 4) is 0 Å². The lowest BCUT2D eigenvalue weighted by Gasteiger charge is -2.34. The van der Waals surface area contributed by atoms with E-state index in [-0.39, 0.29) is 5.43 Å². The molecule has 0 N–H and O–H groups in total. The van der Waals surface area contributed by atoms with Gasteiger partial charge in [-0.05, 0) is 49.2 Å². The first-order valence-electron chi connectivity index (χ1n) is 9.61. The van der Waals surface area contributed by atoms with Crippen molar-refractivity contribution in [2.75, 3.05) is 26.2 Å². The predicted octanol–water partition coefficient (Wildman–Crippen LogP) is 1.98. The van der Waals surface area contributed by atoms with E-state index in [9.17, 15) is 13.2 Å². The Labute approximate surface area is 170 Å². The van der Waals surface area contributed by atoms with E-state index in [4.69, 9.17) is 0 Å². The van der Waals surface area contributed by atoms with E-state index in [1.807, 2.05) is 38.1 Å². The van der Waals surface area contributed by atoms with Crippen LogP contribution in [0.5, 0.6) is 0 Å². The van der Waals surface area contributed by atoms with Crippen LogP contribution in [0.25, 0.3) is 10.9 Å². The van der Waals surface area contributed by atoms with Gasteiger partial charge in [-0.2, -0.15) is 9.40 Å². The van der Waals surface area contributed by atoms with Crippen molar-refractivity contribution < 1.29 is 8.42 Å². The Hall–Kier alpha value is -2.55. The molecule has 1 aromatic heterocycles. The van der Waals surface area contributed by atoms with Crippen LogP contribution in [-0.4, -0.2) is 53.6 Å². The van der Waals surface area contributed by atoms with Crippen molar-refractivity contribution in [2.24, 2.45) is 0 Å². The number of benzene rings is 2. The number of hydrogen-bond acceptors (Lipinski definition) is 5. The summed E-state index contributed by atoms with van der Waals surface area (Å²) in [6, 6.07) is 12.7. The van der Waals surface area contributed by atoms with Crippen molar-refractivity contribution in [1.82, 2.24) is 19.0 Å². The number of aryl methyl sites for hydroxylation is 2. The van der Waals surface area contributed by atoms with Crippen molar-refractivity contribution in [3.63, 3.8) is 0 Å². The molecular formula is C21H24N4O3S. The first-order chi connectivity index (χ1) is 13.9. The van der Waals surface area contributed by atoms with E-state index in [2.05, 4.69) is 10.00 Å². The van der Waals surface area contributed by atoms with Gasteiger partial charge in [-0.3, -0.25) is 14.4 Å². The molecule has 1 saturated heterocycles. The molecule has 0 spiro atoms. The number of hydrogen-bond donors (Lipinski definition) is 0. The van der Waals surface area contributed by atoms with E-state index in [1.165, 1.54) is 6.20 Å². The van der Waals surface area contributed by atoms with Crippen molar-refractivity contribution in [2.45, 2.75) is 25.4 Å². The van der Waals surface area contributed by atoms with Gasteiger partial charge in [0, 0.05) is 31.6 Å². The number of fused-ring (bicyclic) bond motifs is 1. The van der Waals surface area contributed by atoms with Gasteiger partial charge < -0.3 is 0 Å². The maximum atomic E-state index is 13.0. The number of para-hydroxylation sites is 1. The standard InChI is InChI=1S/C21H24N4O3S/c1-16-7-8-18(13-17(16)2)29(27,28)24-11-9-23(10-12-24)15-25-20-6-4-3-5-19(20)21(26)14-22-25/h3-8,13-14H,9-12,15H2,1-2H3. The van der Waals surface area contributed by atoms with Gasteiger partial charge in [0.25, 0.3) is 0 Å². The van der Waals surface area contributed by atoms with Crippen LogP contribution >= 0.6 is 0 Å². The van der Waals surface area contributed by atoms with E-state index >= 15 is 0 Å². The van der Waals surface area contributed by atoms with Crippen molar-refractivity contribution in [1.29, 1.82) is 0 Å². The molecule has 0 aliphatic carbocycles. The third-order valence-electron chi connectivity index (χ3n) is 5.54. The molecule has 7 nitrogen and oxygen atoms in total. The topological polar surface area (TPSA) is 75.5 Å². The van der Waals surface area contributed by atoms with Crippen LogP contribution in [0.2, 0.25) is 0 Å². The minimum Gasteiger partial charge on any atom is -0.287 e. The average molecular weight is 413 g/mol. The SMILES string of the molecule is Cc1ccc(S(=O)(=O)N2CCN(Cn3ncc(=O)c4ccccc43)CC2)cc1C. The van der Waals surface area contributed by atoms with Gasteiger partial charge >= 0.3 is 0 Å². The molecule has 1 aliphatic heterocycles. The number of sulfonamides is 1. The molecule has 2 heterocycles. The normalized spacial score (nSPS) is 16.3. The monoisotopic (exact) mass is 412 g/mol. The van der Waals surface area contributed by atoms with Gasteiger partial charge in [-0.1, -0.05) is 18.2 Å². The molecule has 0 radical (unpaired) electrons. The Morgan fingerprint density at radius 3 is 2.41 bits per heavy atom. The largest absolute Gasteiger partial charge is 0.287 e. The molecular weight excluding hydrogens is 388 g/mol. The van der Waals surface area contributed by atoms with Crippen LogP contribution < -0.4 is 5.43 Å². The third kappa shape index (κ3) is 3.83. The van der Waals surface area contributed by atoms with Crippen molar-refractivity contribution >= 4 is 20.9 Å². The van der Waals surface area contributed by atoms with Crippen LogP contribution in [0, 0.1) is 13.8 Å². The number of piperazine rings is 1. The second-order valence-corrected chi connectivity index (χ2v) is 9.37. The zero-order valence-electron chi connectivity index (χ0n) is 16.6. The van der Waals surface area contributed by atoms with Crippen LogP contribution in [-0.2, 0) is 16.7 Å². The fraction of sp³-hybridized carbons (Fsp3) is 0.333. The smallest absolute Gasteiger partial charge is 0.243 e. The molecule has 0 atom stereocenters. The van der Waals surface area contributed by atoms with Gasteiger partial charge in [0.05, 0.1) is 23.3 Å². The maximum absolute atomic E-state index is 13.0. The van der Waals surface area contributed by atoms with Gasteiger partial charge in [-0.15, -0.1) is 0 Å². The second kappa shape index (κ2) is 7.70. The van der Waals surface area contributed by atoms with Gasteiger partial charge in [0.2, 0.25) is 15.5 Å². The fourth-order valence-corrected chi connectivity index (χ4v) is 5.11. The number of nitrogens with zero attached hydrogens (tertiary/aromatic N) is 4. The van der Waals surface area contributed by atoms with Crippen molar-refractivity contribution in [3.05, 3.63) is 70.0 Å². The predicted molar refractivity (Wildman–Crippen MR) is 112 cm³/mol. The minimum atomic E-state index is -3.49. The van der Waals surface area contributed by atoms with E-state index in [0.717, 1.165) is 16.6 Å². The first-order valence-corrected chi connectivity index (χ1v) is 11.0. The average Bonchev–Trinajstić information content (AvgIpc) is 2.72. The van der Waals surface area contributed by atoms with Gasteiger partial charge in [-0.25, -0.2) is 8.42 Å². The fourth-order valence-electron chi connectivity index (χ4n) is 3.60. The van der Waals surface area contributed by atoms with E-state index in [1.54, 1.807) is 27.2 Å². The summed E-state index contributed by atoms with van der Waals surface area (Å²) in [7, 11) is -3.49. The molecule has 1 aliphatic rings. The molecule has 0 amide bonds. The molecule has 0 bridgehead atoms. The second-order valence-electron chi connectivity index (χ2n) is 7.44. The lowest BCUT2D eigenvalue weighted by Crippen LogP contribution is -2.49. The Balaban J connectivity index is 1.48. The molecule has 2 aromatic carbocycles. The van der Waals surface area contributed by atoms with E-state index in [0.29, 0.717) is 43.1 Å². The lowest BCUT2D eigenvalue weighted by atomic mass is 10.1. The highest BCUT2D eigenvalue weighted by Gasteiger charge is 2.28. The van der Waals surface area contributed by atoms with Crippen LogP contribution in [0.4, 0.5) is 0 Å². The molecule has 152 valence electrons. The number of aromatic nitrogens is 2. The highest BCUT2D eigenvalue weighted by atomic mass is 32.2. The minimum absolute atomic E-state index is 0.0962. The van der Waals surface area contributed by atoms with Crippen LogP contribution in [0.3, 0.4) is 0 Å². The Morgan fingerprint density at radius 2 is 1.69 bits per heavy atom. The summed E-state index contributed by atoms with van der Waals surface area (Å²) in [4.78, 5) is 14.5. The summed E-state index contributed by atoms with van der Waals surface area (Å²) in [5.74, 6) is 0. The third-order valence-corrected chi connectivity index (χ3v) is 7.44. The molecule has 0 unspecified atom stereocenters. The number of rotatable bonds is 4. The molecule has 3 aromatic rings. The quantitative estimate of drug-likeness (QED) is 0.655. The first kappa shape index (κ1) is 19.8. The Bertz CT molecular complexity index is 1210. The molecule has 4 rings (SSSR count). The van der Waals surface area contributed by atoms with Gasteiger partial charge in [0.15, 0.2) is 0 Å². The summed E-state index contributed by atoms with van der Waals surface area (Å²) in [6.45, 7) is 6.46. The summed E-state index contributed by atoms with van der Waals surface area (Å²) in [5, 5.41) is 4.90. The summed E-state index contributed by atoms with van der Waals surface area (Å²) in [6.07, 6.45) is 1.34. The Morgan fingerprint density at radius 1 is 0.966 bits per heavy atom. The summed E-state index contributed by atoms with van der Waals surface area (Å²) < 4.78 is 29.3. The highest BCUT2D eigenvalue weighted by Crippen LogP contribution is 2.21. The zero-order chi connectivity index (χ0) is 20.6. The zero-order valence-corrected chi connectivity index (χ0v) is 17.4. The molecule has 0 saturated carbocycles. The maximum Gasteiger partial charge on any atom is 0.243 e. The summed E-state index contributed by atoms with van der Waals surface area (Å²) in [5.41, 5.74) is 2.74. The molecule has 29 heavy (non-hydrogen) atoms.